The van der Waals surface area contributed by atoms with E-state index >= 15 is 0 Å². The topological polar surface area (TPSA) is 28.2 Å². The molecule has 0 aliphatic carbocycles. The molecule has 0 bridgehead atoms. The number of aromatic nitrogens is 1. The molecular weight excluding hydrogens is 174 g/mol. The molecule has 0 aromatic carbocycles. The minimum atomic E-state index is 1.06. The standard InChI is InChI=1S/C11H17N3/c1-4-12-7-9-14(8-1)10-11-2-5-13-6-3-11/h2-3,5-6,12H,1,4,7-10H2. The van der Waals surface area contributed by atoms with Crippen LogP contribution in [-0.2, 0) is 6.54 Å². The van der Waals surface area contributed by atoms with Gasteiger partial charge in [-0.05, 0) is 37.2 Å². The molecule has 2 heterocycles. The molecule has 1 fully saturated rings. The number of nitrogens with zero attached hydrogens (tertiary/aromatic N) is 2. The molecule has 0 radical (unpaired) electrons. The molecular formula is C11H17N3. The highest BCUT2D eigenvalue weighted by atomic mass is 15.1. The van der Waals surface area contributed by atoms with Gasteiger partial charge >= 0.3 is 0 Å². The van der Waals surface area contributed by atoms with E-state index in [4.69, 9.17) is 0 Å². The van der Waals surface area contributed by atoms with Crippen LogP contribution in [0.1, 0.15) is 12.0 Å². The smallest absolute Gasteiger partial charge is 0.0271 e. The van der Waals surface area contributed by atoms with Crippen LogP contribution in [-0.4, -0.2) is 36.1 Å². The van der Waals surface area contributed by atoms with Crippen LogP contribution >= 0.6 is 0 Å². The Balaban J connectivity index is 1.90. The van der Waals surface area contributed by atoms with Gasteiger partial charge in [0.15, 0.2) is 0 Å². The van der Waals surface area contributed by atoms with Gasteiger partial charge in [0, 0.05) is 32.0 Å². The lowest BCUT2D eigenvalue weighted by atomic mass is 10.2. The van der Waals surface area contributed by atoms with Crippen LogP contribution in [0.5, 0.6) is 0 Å². The third-order valence-corrected chi connectivity index (χ3v) is 2.59. The van der Waals surface area contributed by atoms with Crippen molar-refractivity contribution in [1.29, 1.82) is 0 Å². The first kappa shape index (κ1) is 9.62. The van der Waals surface area contributed by atoms with Gasteiger partial charge in [-0.15, -0.1) is 0 Å². The number of pyridine rings is 1. The zero-order valence-corrected chi connectivity index (χ0v) is 8.45. The summed E-state index contributed by atoms with van der Waals surface area (Å²) in [6, 6.07) is 4.19. The SMILES string of the molecule is c1cc(CN2CCCNCC2)ccn1. The second kappa shape index (κ2) is 5.08. The first-order valence-electron chi connectivity index (χ1n) is 5.27. The summed E-state index contributed by atoms with van der Waals surface area (Å²) in [6.07, 6.45) is 4.99. The molecule has 14 heavy (non-hydrogen) atoms. The molecule has 2 rings (SSSR count). The lowest BCUT2D eigenvalue weighted by molar-refractivity contribution is 0.284. The van der Waals surface area contributed by atoms with Crippen molar-refractivity contribution in [2.45, 2.75) is 13.0 Å². The normalized spacial score (nSPS) is 19.1. The first-order valence-corrected chi connectivity index (χ1v) is 5.27. The Labute approximate surface area is 85.1 Å². The Hall–Kier alpha value is -0.930. The molecule has 76 valence electrons. The van der Waals surface area contributed by atoms with Crippen molar-refractivity contribution in [2.24, 2.45) is 0 Å². The van der Waals surface area contributed by atoms with E-state index in [1.54, 1.807) is 0 Å². The minimum absolute atomic E-state index is 1.06. The minimum Gasteiger partial charge on any atom is -0.315 e. The number of hydrogen-bond donors (Lipinski definition) is 1. The predicted molar refractivity (Wildman–Crippen MR) is 57.0 cm³/mol. The molecule has 1 aliphatic heterocycles. The van der Waals surface area contributed by atoms with E-state index in [1.165, 1.54) is 18.5 Å². The van der Waals surface area contributed by atoms with Crippen LogP contribution < -0.4 is 5.32 Å². The van der Waals surface area contributed by atoms with Crippen LogP contribution in [0.15, 0.2) is 24.5 Å². The summed E-state index contributed by atoms with van der Waals surface area (Å²) in [6.45, 7) is 5.69. The third kappa shape index (κ3) is 2.79. The highest BCUT2D eigenvalue weighted by molar-refractivity contribution is 5.09. The zero-order chi connectivity index (χ0) is 9.64. The van der Waals surface area contributed by atoms with E-state index in [2.05, 4.69) is 27.3 Å². The summed E-state index contributed by atoms with van der Waals surface area (Å²) in [5.74, 6) is 0. The molecule has 1 N–H and O–H groups in total. The fourth-order valence-electron chi connectivity index (χ4n) is 1.81. The van der Waals surface area contributed by atoms with Gasteiger partial charge in [0.1, 0.15) is 0 Å². The molecule has 3 nitrogen and oxygen atoms in total. The number of hydrogen-bond acceptors (Lipinski definition) is 3. The van der Waals surface area contributed by atoms with Crippen molar-refractivity contribution in [3.8, 4) is 0 Å². The Morgan fingerprint density at radius 2 is 2.07 bits per heavy atom. The van der Waals surface area contributed by atoms with E-state index in [9.17, 15) is 0 Å². The van der Waals surface area contributed by atoms with Gasteiger partial charge in [-0.2, -0.15) is 0 Å². The molecule has 3 heteroatoms. The Bertz CT molecular complexity index is 252. The van der Waals surface area contributed by atoms with Gasteiger partial charge in [0.05, 0.1) is 0 Å². The Kier molecular flexibility index (Phi) is 3.49. The largest absolute Gasteiger partial charge is 0.315 e. The fraction of sp³-hybridized carbons (Fsp3) is 0.545. The maximum atomic E-state index is 4.03. The maximum absolute atomic E-state index is 4.03. The van der Waals surface area contributed by atoms with Crippen LogP contribution in [0.3, 0.4) is 0 Å². The quantitative estimate of drug-likeness (QED) is 0.752. The fourth-order valence-corrected chi connectivity index (χ4v) is 1.81. The number of nitrogens with one attached hydrogen (secondary N) is 1. The van der Waals surface area contributed by atoms with Gasteiger partial charge in [-0.3, -0.25) is 9.88 Å². The van der Waals surface area contributed by atoms with Crippen LogP contribution in [0.4, 0.5) is 0 Å². The molecule has 1 saturated heterocycles. The Morgan fingerprint density at radius 3 is 2.93 bits per heavy atom. The predicted octanol–water partition coefficient (Wildman–Crippen LogP) is 0.877. The van der Waals surface area contributed by atoms with Crippen molar-refractivity contribution in [2.75, 3.05) is 26.2 Å². The van der Waals surface area contributed by atoms with E-state index in [-0.39, 0.29) is 0 Å². The van der Waals surface area contributed by atoms with Gasteiger partial charge in [-0.25, -0.2) is 0 Å². The van der Waals surface area contributed by atoms with Gasteiger partial charge in [0.25, 0.3) is 0 Å². The molecule has 0 saturated carbocycles. The van der Waals surface area contributed by atoms with Gasteiger partial charge in [-0.1, -0.05) is 0 Å². The monoisotopic (exact) mass is 191 g/mol. The van der Waals surface area contributed by atoms with Gasteiger partial charge in [0.2, 0.25) is 0 Å². The van der Waals surface area contributed by atoms with Crippen LogP contribution in [0, 0.1) is 0 Å². The second-order valence-electron chi connectivity index (χ2n) is 3.74. The molecule has 1 aromatic rings. The summed E-state index contributed by atoms with van der Waals surface area (Å²) in [7, 11) is 0. The second-order valence-corrected chi connectivity index (χ2v) is 3.74. The average molecular weight is 191 g/mol. The summed E-state index contributed by atoms with van der Waals surface area (Å²) in [4.78, 5) is 6.52. The highest BCUT2D eigenvalue weighted by Crippen LogP contribution is 2.04. The van der Waals surface area contributed by atoms with Crippen molar-refractivity contribution in [3.63, 3.8) is 0 Å². The van der Waals surface area contributed by atoms with E-state index < -0.39 is 0 Å². The first-order chi connectivity index (χ1) is 6.95. The highest BCUT2D eigenvalue weighted by Gasteiger charge is 2.08. The summed E-state index contributed by atoms with van der Waals surface area (Å²) in [5.41, 5.74) is 1.36. The molecule has 1 aliphatic rings. The van der Waals surface area contributed by atoms with Crippen molar-refractivity contribution in [3.05, 3.63) is 30.1 Å². The number of rotatable bonds is 2. The van der Waals surface area contributed by atoms with E-state index in [0.29, 0.717) is 0 Å². The van der Waals surface area contributed by atoms with E-state index in [1.807, 2.05) is 12.4 Å². The molecule has 1 aromatic heterocycles. The Morgan fingerprint density at radius 1 is 1.21 bits per heavy atom. The van der Waals surface area contributed by atoms with Crippen LogP contribution in [0.25, 0.3) is 0 Å². The van der Waals surface area contributed by atoms with Crippen LogP contribution in [0.2, 0.25) is 0 Å². The summed E-state index contributed by atoms with van der Waals surface area (Å²) < 4.78 is 0. The lowest BCUT2D eigenvalue weighted by Crippen LogP contribution is -2.27. The van der Waals surface area contributed by atoms with Crippen molar-refractivity contribution >= 4 is 0 Å². The third-order valence-electron chi connectivity index (χ3n) is 2.59. The van der Waals surface area contributed by atoms with Crippen molar-refractivity contribution in [1.82, 2.24) is 15.2 Å². The van der Waals surface area contributed by atoms with Crippen molar-refractivity contribution < 1.29 is 0 Å². The lowest BCUT2D eigenvalue weighted by Gasteiger charge is -2.18. The molecule has 0 atom stereocenters. The zero-order valence-electron chi connectivity index (χ0n) is 8.45. The average Bonchev–Trinajstić information content (AvgIpc) is 2.48. The van der Waals surface area contributed by atoms with E-state index in [0.717, 1.165) is 26.2 Å². The summed E-state index contributed by atoms with van der Waals surface area (Å²) >= 11 is 0. The maximum Gasteiger partial charge on any atom is 0.0271 e. The molecule has 0 spiro atoms. The van der Waals surface area contributed by atoms with Gasteiger partial charge < -0.3 is 5.32 Å². The molecule has 0 amide bonds. The summed E-state index contributed by atoms with van der Waals surface area (Å²) in [5, 5.41) is 3.41. The molecule has 0 unspecified atom stereocenters.